The van der Waals surface area contributed by atoms with Gasteiger partial charge in [-0.2, -0.15) is 0 Å². The Labute approximate surface area is 141 Å². The van der Waals surface area contributed by atoms with Crippen LogP contribution in [0.15, 0.2) is 71.2 Å². The molecule has 1 aromatic heterocycles. The fourth-order valence-corrected chi connectivity index (χ4v) is 2.99. The first-order valence-electron chi connectivity index (χ1n) is 8.05. The average Bonchev–Trinajstić information content (AvgIpc) is 2.60. The molecule has 0 spiro atoms. The van der Waals surface area contributed by atoms with E-state index in [1.807, 2.05) is 73.8 Å². The minimum atomic E-state index is -0.527. The van der Waals surface area contributed by atoms with Gasteiger partial charge in [0.05, 0.1) is 6.10 Å². The molecule has 0 radical (unpaired) electrons. The number of rotatable bonds is 4. The van der Waals surface area contributed by atoms with Crippen molar-refractivity contribution in [2.24, 2.45) is 7.05 Å². The van der Waals surface area contributed by atoms with E-state index in [4.69, 9.17) is 0 Å². The summed E-state index contributed by atoms with van der Waals surface area (Å²) >= 11 is 0. The molecule has 0 fully saturated rings. The fraction of sp³-hybridized carbons (Fsp3) is 0.190. The predicted octanol–water partition coefficient (Wildman–Crippen LogP) is 4.07. The average molecular weight is 319 g/mol. The van der Waals surface area contributed by atoms with Gasteiger partial charge in [0.1, 0.15) is 0 Å². The standard InChI is InChI=1S/C21H21NO2/c1-15(13-20(23)16-8-4-3-5-9-16)12-17-14-22(2)21(24)19-11-7-6-10-18(17)19/h3-12,14,20,23H,13H2,1-2H3/b15-12+. The van der Waals surface area contributed by atoms with Gasteiger partial charge in [0.15, 0.2) is 0 Å². The molecular formula is C21H21NO2. The zero-order valence-corrected chi connectivity index (χ0v) is 13.9. The van der Waals surface area contributed by atoms with Gasteiger partial charge in [-0.05, 0) is 35.9 Å². The van der Waals surface area contributed by atoms with E-state index in [1.165, 1.54) is 0 Å². The van der Waals surface area contributed by atoms with Crippen LogP contribution in [-0.2, 0) is 7.05 Å². The topological polar surface area (TPSA) is 42.2 Å². The molecule has 0 aliphatic rings. The van der Waals surface area contributed by atoms with Crippen molar-refractivity contribution in [2.75, 3.05) is 0 Å². The van der Waals surface area contributed by atoms with Gasteiger partial charge in [0.2, 0.25) is 0 Å². The van der Waals surface area contributed by atoms with Crippen LogP contribution in [-0.4, -0.2) is 9.67 Å². The Morgan fingerprint density at radius 1 is 1.08 bits per heavy atom. The summed E-state index contributed by atoms with van der Waals surface area (Å²) in [6, 6.07) is 17.3. The number of aliphatic hydroxyl groups is 1. The van der Waals surface area contributed by atoms with Crippen molar-refractivity contribution in [1.29, 1.82) is 0 Å². The lowest BCUT2D eigenvalue weighted by Gasteiger charge is -2.12. The molecule has 3 nitrogen and oxygen atoms in total. The SMILES string of the molecule is C/C(=C\c1cn(C)c(=O)c2ccccc12)CC(O)c1ccccc1. The summed E-state index contributed by atoms with van der Waals surface area (Å²) in [5.41, 5.74) is 2.97. The first-order chi connectivity index (χ1) is 11.6. The van der Waals surface area contributed by atoms with Gasteiger partial charge in [-0.1, -0.05) is 60.2 Å². The van der Waals surface area contributed by atoms with Crippen LogP contribution >= 0.6 is 0 Å². The molecule has 1 N–H and O–H groups in total. The van der Waals surface area contributed by atoms with E-state index in [1.54, 1.807) is 11.6 Å². The fourth-order valence-electron chi connectivity index (χ4n) is 2.99. The molecule has 1 heterocycles. The Hall–Kier alpha value is -2.65. The van der Waals surface area contributed by atoms with Crippen molar-refractivity contribution in [3.8, 4) is 0 Å². The van der Waals surface area contributed by atoms with Crippen molar-refractivity contribution < 1.29 is 5.11 Å². The Balaban J connectivity index is 1.95. The molecule has 3 rings (SSSR count). The van der Waals surface area contributed by atoms with E-state index in [0.29, 0.717) is 11.8 Å². The molecular weight excluding hydrogens is 298 g/mol. The molecule has 0 bridgehead atoms. The van der Waals surface area contributed by atoms with E-state index in [9.17, 15) is 9.90 Å². The molecule has 1 unspecified atom stereocenters. The molecule has 0 saturated carbocycles. The number of aliphatic hydroxyl groups excluding tert-OH is 1. The number of aryl methyl sites for hydroxylation is 1. The van der Waals surface area contributed by atoms with Gasteiger partial charge in [-0.3, -0.25) is 4.79 Å². The number of benzene rings is 2. The summed E-state index contributed by atoms with van der Waals surface area (Å²) < 4.78 is 1.61. The highest BCUT2D eigenvalue weighted by molar-refractivity contribution is 5.89. The van der Waals surface area contributed by atoms with Crippen LogP contribution in [0.3, 0.4) is 0 Å². The van der Waals surface area contributed by atoms with E-state index in [2.05, 4.69) is 0 Å². The number of nitrogens with zero attached hydrogens (tertiary/aromatic N) is 1. The summed E-state index contributed by atoms with van der Waals surface area (Å²) in [6.45, 7) is 2.01. The first-order valence-corrected chi connectivity index (χ1v) is 8.05. The molecule has 24 heavy (non-hydrogen) atoms. The van der Waals surface area contributed by atoms with E-state index in [0.717, 1.165) is 22.1 Å². The molecule has 2 aromatic carbocycles. The molecule has 3 aromatic rings. The van der Waals surface area contributed by atoms with Gasteiger partial charge in [-0.15, -0.1) is 0 Å². The van der Waals surface area contributed by atoms with Crippen molar-refractivity contribution in [2.45, 2.75) is 19.4 Å². The van der Waals surface area contributed by atoms with Crippen molar-refractivity contribution in [1.82, 2.24) is 4.57 Å². The molecule has 3 heteroatoms. The molecule has 0 aliphatic carbocycles. The maximum Gasteiger partial charge on any atom is 0.258 e. The summed E-state index contributed by atoms with van der Waals surface area (Å²) in [7, 11) is 1.76. The zero-order valence-electron chi connectivity index (χ0n) is 13.9. The van der Waals surface area contributed by atoms with Crippen molar-refractivity contribution in [3.05, 3.63) is 87.8 Å². The van der Waals surface area contributed by atoms with Gasteiger partial charge in [0.25, 0.3) is 5.56 Å². The predicted molar refractivity (Wildman–Crippen MR) is 98.9 cm³/mol. The Bertz CT molecular complexity index is 939. The lowest BCUT2D eigenvalue weighted by Crippen LogP contribution is -2.16. The Morgan fingerprint density at radius 2 is 1.71 bits per heavy atom. The minimum Gasteiger partial charge on any atom is -0.388 e. The molecule has 0 saturated heterocycles. The normalized spacial score (nSPS) is 13.2. The summed E-state index contributed by atoms with van der Waals surface area (Å²) in [6.07, 6.45) is 3.93. The molecule has 0 aliphatic heterocycles. The third-order valence-electron chi connectivity index (χ3n) is 4.22. The van der Waals surface area contributed by atoms with Crippen molar-refractivity contribution in [3.63, 3.8) is 0 Å². The van der Waals surface area contributed by atoms with Crippen LogP contribution in [0.5, 0.6) is 0 Å². The van der Waals surface area contributed by atoms with Crippen LogP contribution in [0.4, 0.5) is 0 Å². The lowest BCUT2D eigenvalue weighted by molar-refractivity contribution is 0.178. The third kappa shape index (κ3) is 3.31. The van der Waals surface area contributed by atoms with Gasteiger partial charge < -0.3 is 9.67 Å². The van der Waals surface area contributed by atoms with Crippen molar-refractivity contribution >= 4 is 16.8 Å². The van der Waals surface area contributed by atoms with Crippen LogP contribution in [0.25, 0.3) is 16.8 Å². The molecule has 1 atom stereocenters. The lowest BCUT2D eigenvalue weighted by atomic mass is 9.99. The zero-order chi connectivity index (χ0) is 17.1. The highest BCUT2D eigenvalue weighted by Crippen LogP contribution is 2.24. The third-order valence-corrected chi connectivity index (χ3v) is 4.22. The first kappa shape index (κ1) is 16.2. The highest BCUT2D eigenvalue weighted by atomic mass is 16.3. The Kier molecular flexibility index (Phi) is 4.63. The second kappa shape index (κ2) is 6.85. The number of fused-ring (bicyclic) bond motifs is 1. The van der Waals surface area contributed by atoms with E-state index in [-0.39, 0.29) is 5.56 Å². The number of pyridine rings is 1. The van der Waals surface area contributed by atoms with Crippen LogP contribution in [0.2, 0.25) is 0 Å². The van der Waals surface area contributed by atoms with E-state index >= 15 is 0 Å². The molecule has 0 amide bonds. The van der Waals surface area contributed by atoms with Gasteiger partial charge >= 0.3 is 0 Å². The maximum atomic E-state index is 12.2. The summed E-state index contributed by atoms with van der Waals surface area (Å²) in [5.74, 6) is 0. The quantitative estimate of drug-likeness (QED) is 0.788. The van der Waals surface area contributed by atoms with Gasteiger partial charge in [0, 0.05) is 18.6 Å². The number of hydrogen-bond acceptors (Lipinski definition) is 2. The second-order valence-corrected chi connectivity index (χ2v) is 6.17. The summed E-state index contributed by atoms with van der Waals surface area (Å²) in [5, 5.41) is 12.0. The van der Waals surface area contributed by atoms with Gasteiger partial charge in [-0.25, -0.2) is 0 Å². The van der Waals surface area contributed by atoms with E-state index < -0.39 is 6.10 Å². The highest BCUT2D eigenvalue weighted by Gasteiger charge is 2.09. The number of hydrogen-bond donors (Lipinski definition) is 1. The van der Waals surface area contributed by atoms with Crippen LogP contribution < -0.4 is 5.56 Å². The van der Waals surface area contributed by atoms with Crippen LogP contribution in [0, 0.1) is 0 Å². The maximum absolute atomic E-state index is 12.2. The monoisotopic (exact) mass is 319 g/mol. The summed E-state index contributed by atoms with van der Waals surface area (Å²) in [4.78, 5) is 12.2. The second-order valence-electron chi connectivity index (χ2n) is 6.17. The smallest absolute Gasteiger partial charge is 0.258 e. The molecule has 122 valence electrons. The largest absolute Gasteiger partial charge is 0.388 e. The number of aromatic nitrogens is 1. The van der Waals surface area contributed by atoms with Crippen LogP contribution in [0.1, 0.15) is 30.6 Å². The minimum absolute atomic E-state index is 0.00437. The Morgan fingerprint density at radius 3 is 2.42 bits per heavy atom.